The molecule has 1 rings (SSSR count). The molecule has 5 heteroatoms. The number of hydrogen-bond donors (Lipinski definition) is 2. The zero-order chi connectivity index (χ0) is 13.0. The molecule has 0 amide bonds. The van der Waals surface area contributed by atoms with E-state index in [0.717, 1.165) is 18.6 Å². The Hall–Kier alpha value is -1.65. The predicted molar refractivity (Wildman–Crippen MR) is 61.3 cm³/mol. The van der Waals surface area contributed by atoms with Crippen molar-refractivity contribution in [2.45, 2.75) is 20.3 Å². The number of halogens is 2. The summed E-state index contributed by atoms with van der Waals surface area (Å²) >= 11 is 0. The number of anilines is 1. The minimum atomic E-state index is -1.35. The third-order valence-electron chi connectivity index (χ3n) is 2.61. The summed E-state index contributed by atoms with van der Waals surface area (Å²) in [5, 5.41) is 11.3. The van der Waals surface area contributed by atoms with Gasteiger partial charge in [0.05, 0.1) is 5.56 Å². The Labute approximate surface area is 98.5 Å². The number of hydrogen-bond acceptors (Lipinski definition) is 2. The van der Waals surface area contributed by atoms with Crippen LogP contribution in [0.5, 0.6) is 0 Å². The molecule has 0 aliphatic heterocycles. The van der Waals surface area contributed by atoms with E-state index >= 15 is 0 Å². The predicted octanol–water partition coefficient (Wildman–Crippen LogP) is 3.12. The second-order valence-electron chi connectivity index (χ2n) is 4.01. The fourth-order valence-corrected chi connectivity index (χ4v) is 1.29. The van der Waals surface area contributed by atoms with E-state index in [0.29, 0.717) is 6.54 Å². The van der Waals surface area contributed by atoms with E-state index in [1.807, 2.05) is 13.8 Å². The molecular formula is C12H15F2NO2. The minimum absolute atomic E-state index is 0.268. The molecule has 0 aromatic heterocycles. The highest BCUT2D eigenvalue weighted by atomic mass is 19.1. The van der Waals surface area contributed by atoms with E-state index in [1.54, 1.807) is 0 Å². The average molecular weight is 243 g/mol. The summed E-state index contributed by atoms with van der Waals surface area (Å²) < 4.78 is 26.9. The van der Waals surface area contributed by atoms with E-state index in [-0.39, 0.29) is 11.6 Å². The molecule has 0 saturated heterocycles. The monoisotopic (exact) mass is 243 g/mol. The molecule has 0 spiro atoms. The maximum Gasteiger partial charge on any atom is 0.335 e. The first kappa shape index (κ1) is 13.4. The van der Waals surface area contributed by atoms with Crippen molar-refractivity contribution in [1.29, 1.82) is 0 Å². The first-order chi connectivity index (χ1) is 7.95. The van der Waals surface area contributed by atoms with Gasteiger partial charge >= 0.3 is 5.97 Å². The van der Waals surface area contributed by atoms with Crippen LogP contribution in [-0.4, -0.2) is 17.6 Å². The third-order valence-corrected chi connectivity index (χ3v) is 2.61. The Bertz CT molecular complexity index is 398. The van der Waals surface area contributed by atoms with Gasteiger partial charge in [0, 0.05) is 6.54 Å². The third kappa shape index (κ3) is 3.41. The lowest BCUT2D eigenvalue weighted by Gasteiger charge is -2.13. The standard InChI is InChI=1S/C12H15F2NO2/c1-3-7(2)6-15-11-9(13)4-8(12(16)17)5-10(11)14/h4-5,7,15H,3,6H2,1-2H3,(H,16,17). The zero-order valence-corrected chi connectivity index (χ0v) is 9.76. The Morgan fingerprint density at radius 2 is 1.94 bits per heavy atom. The Morgan fingerprint density at radius 3 is 2.35 bits per heavy atom. The molecule has 0 aliphatic rings. The molecule has 17 heavy (non-hydrogen) atoms. The van der Waals surface area contributed by atoms with Crippen LogP contribution in [0.25, 0.3) is 0 Å². The van der Waals surface area contributed by atoms with Gasteiger partial charge in [-0.3, -0.25) is 0 Å². The van der Waals surface area contributed by atoms with E-state index in [9.17, 15) is 13.6 Å². The van der Waals surface area contributed by atoms with Crippen molar-refractivity contribution in [1.82, 2.24) is 0 Å². The largest absolute Gasteiger partial charge is 0.478 e. The lowest BCUT2D eigenvalue weighted by atomic mass is 10.1. The van der Waals surface area contributed by atoms with Gasteiger partial charge in [0.15, 0.2) is 0 Å². The molecule has 94 valence electrons. The van der Waals surface area contributed by atoms with Crippen molar-refractivity contribution in [3.8, 4) is 0 Å². The van der Waals surface area contributed by atoms with Crippen LogP contribution in [-0.2, 0) is 0 Å². The molecule has 1 atom stereocenters. The van der Waals surface area contributed by atoms with E-state index in [1.165, 1.54) is 0 Å². The molecule has 0 aliphatic carbocycles. The SMILES string of the molecule is CCC(C)CNc1c(F)cc(C(=O)O)cc1F. The van der Waals surface area contributed by atoms with Crippen molar-refractivity contribution in [2.24, 2.45) is 5.92 Å². The number of rotatable bonds is 5. The maximum atomic E-state index is 13.5. The van der Waals surface area contributed by atoms with Gasteiger partial charge in [-0.2, -0.15) is 0 Å². The lowest BCUT2D eigenvalue weighted by molar-refractivity contribution is 0.0696. The maximum absolute atomic E-state index is 13.5. The summed E-state index contributed by atoms with van der Waals surface area (Å²) in [5.74, 6) is -2.83. The van der Waals surface area contributed by atoms with Gasteiger partial charge in [0.25, 0.3) is 0 Å². The lowest BCUT2D eigenvalue weighted by Crippen LogP contribution is -2.13. The summed E-state index contributed by atoms with van der Waals surface area (Å²) in [7, 11) is 0. The molecular weight excluding hydrogens is 228 g/mol. The summed E-state index contributed by atoms with van der Waals surface area (Å²) in [6.45, 7) is 4.37. The molecule has 1 unspecified atom stereocenters. The van der Waals surface area contributed by atoms with Crippen LogP contribution in [0.1, 0.15) is 30.6 Å². The van der Waals surface area contributed by atoms with Gasteiger partial charge < -0.3 is 10.4 Å². The van der Waals surface area contributed by atoms with Gasteiger partial charge in [-0.05, 0) is 18.1 Å². The molecule has 1 aromatic rings. The highest BCUT2D eigenvalue weighted by Crippen LogP contribution is 2.21. The van der Waals surface area contributed by atoms with E-state index < -0.39 is 23.2 Å². The Morgan fingerprint density at radius 1 is 1.41 bits per heavy atom. The number of carboxylic acid groups (broad SMARTS) is 1. The summed E-state index contributed by atoms with van der Waals surface area (Å²) in [6, 6.07) is 1.62. The molecule has 0 bridgehead atoms. The van der Waals surface area contributed by atoms with Crippen molar-refractivity contribution in [3.05, 3.63) is 29.3 Å². The molecule has 1 aromatic carbocycles. The fourth-order valence-electron chi connectivity index (χ4n) is 1.29. The number of carboxylic acids is 1. The van der Waals surface area contributed by atoms with Gasteiger partial charge in [0.2, 0.25) is 0 Å². The Balaban J connectivity index is 2.90. The van der Waals surface area contributed by atoms with Crippen LogP contribution in [0, 0.1) is 17.6 Å². The minimum Gasteiger partial charge on any atom is -0.478 e. The molecule has 2 N–H and O–H groups in total. The zero-order valence-electron chi connectivity index (χ0n) is 9.76. The normalized spacial score (nSPS) is 12.2. The second kappa shape index (κ2) is 5.61. The molecule has 0 saturated carbocycles. The van der Waals surface area contributed by atoms with Crippen molar-refractivity contribution < 1.29 is 18.7 Å². The van der Waals surface area contributed by atoms with Crippen molar-refractivity contribution in [3.63, 3.8) is 0 Å². The smallest absolute Gasteiger partial charge is 0.335 e. The first-order valence-electron chi connectivity index (χ1n) is 5.41. The van der Waals surface area contributed by atoms with Gasteiger partial charge in [0.1, 0.15) is 17.3 Å². The van der Waals surface area contributed by atoms with Crippen LogP contribution >= 0.6 is 0 Å². The summed E-state index contributed by atoms with van der Waals surface area (Å²) in [4.78, 5) is 10.6. The number of aromatic carboxylic acids is 1. The molecule has 3 nitrogen and oxygen atoms in total. The van der Waals surface area contributed by atoms with Gasteiger partial charge in [-0.15, -0.1) is 0 Å². The van der Waals surface area contributed by atoms with Crippen LogP contribution < -0.4 is 5.32 Å². The number of nitrogens with one attached hydrogen (secondary N) is 1. The van der Waals surface area contributed by atoms with E-state index in [2.05, 4.69) is 5.32 Å². The second-order valence-corrected chi connectivity index (χ2v) is 4.01. The quantitative estimate of drug-likeness (QED) is 0.835. The average Bonchev–Trinajstić information content (AvgIpc) is 2.27. The summed E-state index contributed by atoms with van der Waals surface area (Å²) in [6.07, 6.45) is 0.892. The van der Waals surface area contributed by atoms with Crippen LogP contribution in [0.15, 0.2) is 12.1 Å². The van der Waals surface area contributed by atoms with Crippen molar-refractivity contribution in [2.75, 3.05) is 11.9 Å². The van der Waals surface area contributed by atoms with Gasteiger partial charge in [-0.1, -0.05) is 20.3 Å². The van der Waals surface area contributed by atoms with Crippen molar-refractivity contribution >= 4 is 11.7 Å². The highest BCUT2D eigenvalue weighted by Gasteiger charge is 2.14. The highest BCUT2D eigenvalue weighted by molar-refractivity contribution is 5.88. The molecule has 0 fully saturated rings. The molecule has 0 radical (unpaired) electrons. The molecule has 0 heterocycles. The summed E-state index contributed by atoms with van der Waals surface area (Å²) in [5.41, 5.74) is -0.663. The Kier molecular flexibility index (Phi) is 4.43. The fraction of sp³-hybridized carbons (Fsp3) is 0.417. The van der Waals surface area contributed by atoms with E-state index in [4.69, 9.17) is 5.11 Å². The van der Waals surface area contributed by atoms with Crippen LogP contribution in [0.4, 0.5) is 14.5 Å². The van der Waals surface area contributed by atoms with Crippen LogP contribution in [0.3, 0.4) is 0 Å². The first-order valence-corrected chi connectivity index (χ1v) is 5.41. The van der Waals surface area contributed by atoms with Gasteiger partial charge in [-0.25, -0.2) is 13.6 Å². The topological polar surface area (TPSA) is 49.3 Å². The number of carbonyl (C=O) groups is 1. The van der Waals surface area contributed by atoms with Crippen LogP contribution in [0.2, 0.25) is 0 Å². The number of benzene rings is 1.